The lowest BCUT2D eigenvalue weighted by Gasteiger charge is -2.07. The number of rotatable bonds is 5. The van der Waals surface area contributed by atoms with E-state index >= 15 is 0 Å². The molecule has 1 saturated carbocycles. The van der Waals surface area contributed by atoms with Crippen LogP contribution in [0.3, 0.4) is 0 Å². The van der Waals surface area contributed by atoms with Crippen LogP contribution in [-0.4, -0.2) is 20.7 Å². The van der Waals surface area contributed by atoms with Crippen LogP contribution in [0, 0.1) is 0 Å². The topological polar surface area (TPSA) is 59.8 Å². The molecule has 0 radical (unpaired) electrons. The Morgan fingerprint density at radius 2 is 2.23 bits per heavy atom. The van der Waals surface area contributed by atoms with Crippen molar-refractivity contribution < 1.29 is 13.6 Å². The van der Waals surface area contributed by atoms with Gasteiger partial charge in [0.25, 0.3) is 6.43 Å². The van der Waals surface area contributed by atoms with Crippen molar-refractivity contribution in [3.63, 3.8) is 0 Å². The molecule has 22 heavy (non-hydrogen) atoms. The second-order valence-corrected chi connectivity index (χ2v) is 6.05. The molecule has 2 aromatic rings. The number of carbonyl (C=O) groups is 1. The summed E-state index contributed by atoms with van der Waals surface area (Å²) in [5.41, 5.74) is 0.422. The highest BCUT2D eigenvalue weighted by atomic mass is 79.9. The van der Waals surface area contributed by atoms with Crippen LogP contribution in [-0.2, 0) is 11.3 Å². The molecule has 5 nitrogen and oxygen atoms in total. The first-order valence-corrected chi connectivity index (χ1v) is 7.59. The van der Waals surface area contributed by atoms with E-state index in [1.165, 1.54) is 10.7 Å². The van der Waals surface area contributed by atoms with Crippen LogP contribution < -0.4 is 5.32 Å². The van der Waals surface area contributed by atoms with Crippen LogP contribution in [0.5, 0.6) is 0 Å². The van der Waals surface area contributed by atoms with Gasteiger partial charge in [0.2, 0.25) is 5.91 Å². The molecule has 8 heteroatoms. The monoisotopic (exact) mass is 370 g/mol. The molecule has 2 aromatic heterocycles. The Bertz CT molecular complexity index is 683. The summed E-state index contributed by atoms with van der Waals surface area (Å²) < 4.78 is 27.7. The number of hydrogen-bond acceptors (Lipinski definition) is 3. The van der Waals surface area contributed by atoms with E-state index in [0.717, 1.165) is 17.3 Å². The fourth-order valence-corrected chi connectivity index (χ4v) is 2.40. The van der Waals surface area contributed by atoms with E-state index in [1.54, 1.807) is 18.3 Å². The summed E-state index contributed by atoms with van der Waals surface area (Å²) in [6, 6.07) is 4.80. The molecule has 1 N–H and O–H groups in total. The molecular weight excluding hydrogens is 358 g/mol. The largest absolute Gasteiger partial charge is 0.309 e. The minimum Gasteiger partial charge on any atom is -0.309 e. The predicted molar refractivity (Wildman–Crippen MR) is 79.7 cm³/mol. The van der Waals surface area contributed by atoms with Gasteiger partial charge in [-0.1, -0.05) is 0 Å². The fourth-order valence-electron chi connectivity index (χ4n) is 2.16. The lowest BCUT2D eigenvalue weighted by Crippen LogP contribution is -2.21. The summed E-state index contributed by atoms with van der Waals surface area (Å²) in [7, 11) is 0. The van der Waals surface area contributed by atoms with E-state index in [9.17, 15) is 13.6 Å². The van der Waals surface area contributed by atoms with Crippen molar-refractivity contribution in [1.29, 1.82) is 0 Å². The molecule has 116 valence electrons. The molecule has 3 rings (SSSR count). The molecule has 1 aliphatic rings. The van der Waals surface area contributed by atoms with Crippen LogP contribution in [0.2, 0.25) is 0 Å². The first-order valence-electron chi connectivity index (χ1n) is 6.80. The third-order valence-electron chi connectivity index (χ3n) is 3.34. The van der Waals surface area contributed by atoms with Gasteiger partial charge in [-0.05, 0) is 47.0 Å². The van der Waals surface area contributed by atoms with Crippen molar-refractivity contribution in [2.45, 2.75) is 31.7 Å². The Kier molecular flexibility index (Phi) is 4.19. The lowest BCUT2D eigenvalue weighted by atomic mass is 10.2. The molecular formula is C14H13BrF2N4O. The smallest absolute Gasteiger partial charge is 0.282 e. The number of hydrogen-bond donors (Lipinski definition) is 1. The molecule has 0 aromatic carbocycles. The number of anilines is 1. The Morgan fingerprint density at radius 3 is 2.82 bits per heavy atom. The zero-order valence-electron chi connectivity index (χ0n) is 11.5. The van der Waals surface area contributed by atoms with Gasteiger partial charge < -0.3 is 5.32 Å². The SMILES string of the molecule is O=C(Cn1nc(C(F)F)cc1C1CC1)Nc1ccc(Br)cn1. The average molecular weight is 371 g/mol. The maximum atomic E-state index is 12.8. The molecule has 0 saturated heterocycles. The first-order chi connectivity index (χ1) is 10.5. The Morgan fingerprint density at radius 1 is 1.45 bits per heavy atom. The Balaban J connectivity index is 1.71. The minimum absolute atomic E-state index is 0.101. The number of nitrogens with one attached hydrogen (secondary N) is 1. The second kappa shape index (κ2) is 6.12. The number of amides is 1. The fraction of sp³-hybridized carbons (Fsp3) is 0.357. The van der Waals surface area contributed by atoms with E-state index in [4.69, 9.17) is 0 Å². The number of halogens is 3. The van der Waals surface area contributed by atoms with Gasteiger partial charge in [0.1, 0.15) is 18.1 Å². The zero-order chi connectivity index (χ0) is 15.7. The molecule has 0 aliphatic heterocycles. The van der Waals surface area contributed by atoms with Crippen molar-refractivity contribution in [2.75, 3.05) is 5.32 Å². The quantitative estimate of drug-likeness (QED) is 0.875. The Labute approximate surface area is 133 Å². The van der Waals surface area contributed by atoms with Gasteiger partial charge >= 0.3 is 0 Å². The lowest BCUT2D eigenvalue weighted by molar-refractivity contribution is -0.117. The summed E-state index contributed by atoms with van der Waals surface area (Å²) in [6.45, 7) is -0.101. The van der Waals surface area contributed by atoms with E-state index in [0.29, 0.717) is 11.5 Å². The molecule has 2 heterocycles. The van der Waals surface area contributed by atoms with Gasteiger partial charge in [0.05, 0.1) is 0 Å². The summed E-state index contributed by atoms with van der Waals surface area (Å²) >= 11 is 3.25. The van der Waals surface area contributed by atoms with Crippen LogP contribution in [0.25, 0.3) is 0 Å². The van der Waals surface area contributed by atoms with Crippen LogP contribution in [0.4, 0.5) is 14.6 Å². The van der Waals surface area contributed by atoms with Gasteiger partial charge in [-0.15, -0.1) is 0 Å². The van der Waals surface area contributed by atoms with Crippen molar-refractivity contribution in [1.82, 2.24) is 14.8 Å². The third kappa shape index (κ3) is 3.49. The summed E-state index contributed by atoms with van der Waals surface area (Å²) in [5, 5.41) is 6.47. The van der Waals surface area contributed by atoms with E-state index in [-0.39, 0.29) is 24.1 Å². The molecule has 1 amide bonds. The standard InChI is InChI=1S/C14H13BrF2N4O/c15-9-3-4-12(18-6-9)19-13(22)7-21-11(8-1-2-8)5-10(20-21)14(16)17/h3-6,8,14H,1-2,7H2,(H,18,19,22). The summed E-state index contributed by atoms with van der Waals surface area (Å²) in [4.78, 5) is 16.1. The molecule has 0 unspecified atom stereocenters. The maximum absolute atomic E-state index is 12.8. The van der Waals surface area contributed by atoms with Crippen molar-refractivity contribution >= 4 is 27.7 Å². The number of alkyl halides is 2. The molecule has 0 spiro atoms. The normalized spacial score (nSPS) is 14.4. The highest BCUT2D eigenvalue weighted by Crippen LogP contribution is 2.41. The summed E-state index contributed by atoms with van der Waals surface area (Å²) in [6.07, 6.45) is 0.831. The van der Waals surface area contributed by atoms with Gasteiger partial charge in [-0.2, -0.15) is 5.10 Å². The van der Waals surface area contributed by atoms with Crippen LogP contribution in [0.15, 0.2) is 28.9 Å². The van der Waals surface area contributed by atoms with Crippen molar-refractivity contribution in [3.05, 3.63) is 40.3 Å². The highest BCUT2D eigenvalue weighted by Gasteiger charge is 2.30. The zero-order valence-corrected chi connectivity index (χ0v) is 13.1. The van der Waals surface area contributed by atoms with Gasteiger partial charge in [0, 0.05) is 22.3 Å². The summed E-state index contributed by atoms with van der Waals surface area (Å²) in [5.74, 6) is 0.293. The van der Waals surface area contributed by atoms with Crippen molar-refractivity contribution in [3.8, 4) is 0 Å². The number of pyridine rings is 1. The average Bonchev–Trinajstić information content (AvgIpc) is 3.22. The minimum atomic E-state index is -2.63. The number of aromatic nitrogens is 3. The maximum Gasteiger partial charge on any atom is 0.282 e. The van der Waals surface area contributed by atoms with E-state index in [1.807, 2.05) is 0 Å². The molecule has 1 aliphatic carbocycles. The van der Waals surface area contributed by atoms with Crippen LogP contribution in [0.1, 0.15) is 36.6 Å². The molecule has 0 atom stereocenters. The second-order valence-electron chi connectivity index (χ2n) is 5.14. The predicted octanol–water partition coefficient (Wildman–Crippen LogP) is 3.49. The van der Waals surface area contributed by atoms with E-state index in [2.05, 4.69) is 31.3 Å². The first kappa shape index (κ1) is 15.1. The number of carbonyl (C=O) groups excluding carboxylic acids is 1. The van der Waals surface area contributed by atoms with Crippen molar-refractivity contribution in [2.24, 2.45) is 0 Å². The van der Waals surface area contributed by atoms with E-state index < -0.39 is 6.43 Å². The Hall–Kier alpha value is -1.83. The third-order valence-corrected chi connectivity index (χ3v) is 3.81. The van der Waals surface area contributed by atoms with Gasteiger partial charge in [-0.25, -0.2) is 13.8 Å². The van der Waals surface area contributed by atoms with Gasteiger partial charge in [0.15, 0.2) is 0 Å². The molecule has 0 bridgehead atoms. The van der Waals surface area contributed by atoms with Crippen LogP contribution >= 0.6 is 15.9 Å². The highest BCUT2D eigenvalue weighted by molar-refractivity contribution is 9.10. The van der Waals surface area contributed by atoms with Gasteiger partial charge in [-0.3, -0.25) is 9.48 Å². The molecule has 1 fully saturated rings. The number of nitrogens with zero attached hydrogens (tertiary/aromatic N) is 3.